The number of nitrogens with zero attached hydrogens (tertiary/aromatic N) is 2. The summed E-state index contributed by atoms with van der Waals surface area (Å²) in [5.74, 6) is 2.62. The molecule has 0 aromatic carbocycles. The summed E-state index contributed by atoms with van der Waals surface area (Å²) in [5, 5.41) is 3.12. The minimum atomic E-state index is 0.439. The van der Waals surface area contributed by atoms with Crippen molar-refractivity contribution in [2.45, 2.75) is 26.8 Å². The van der Waals surface area contributed by atoms with Crippen LogP contribution in [0.25, 0.3) is 0 Å². The van der Waals surface area contributed by atoms with Crippen molar-refractivity contribution in [3.63, 3.8) is 0 Å². The van der Waals surface area contributed by atoms with Crippen LogP contribution in [0.3, 0.4) is 0 Å². The molecule has 2 heterocycles. The van der Waals surface area contributed by atoms with Crippen molar-refractivity contribution < 1.29 is 9.15 Å². The average Bonchev–Trinajstić information content (AvgIpc) is 2.88. The fourth-order valence-corrected chi connectivity index (χ4v) is 1.56. The Labute approximate surface area is 112 Å². The number of nitrogens with two attached hydrogens (primary N) is 1. The summed E-state index contributed by atoms with van der Waals surface area (Å²) in [6.45, 7) is 4.91. The standard InChI is InChI=1S/C13H18N4O2/c1-3-9-7-16-12(19-9)8-15-11-6-5-10(14)13(17-11)18-4-2/h5-7H,3-4,8,14H2,1-2H3,(H,15,17). The van der Waals surface area contributed by atoms with E-state index >= 15 is 0 Å². The lowest BCUT2D eigenvalue weighted by Crippen LogP contribution is -2.05. The first-order chi connectivity index (χ1) is 9.22. The van der Waals surface area contributed by atoms with Crippen molar-refractivity contribution in [2.75, 3.05) is 17.7 Å². The van der Waals surface area contributed by atoms with E-state index in [1.54, 1.807) is 18.3 Å². The lowest BCUT2D eigenvalue weighted by atomic mass is 10.4. The zero-order chi connectivity index (χ0) is 13.7. The topological polar surface area (TPSA) is 86.2 Å². The van der Waals surface area contributed by atoms with Crippen LogP contribution in [0.4, 0.5) is 11.5 Å². The number of ether oxygens (including phenoxy) is 1. The summed E-state index contributed by atoms with van der Waals surface area (Å²) in [6.07, 6.45) is 2.57. The minimum absolute atomic E-state index is 0.439. The first kappa shape index (κ1) is 13.2. The van der Waals surface area contributed by atoms with E-state index in [0.717, 1.165) is 12.2 Å². The smallest absolute Gasteiger partial charge is 0.239 e. The molecule has 0 aliphatic rings. The van der Waals surface area contributed by atoms with Crippen LogP contribution in [-0.4, -0.2) is 16.6 Å². The van der Waals surface area contributed by atoms with Gasteiger partial charge < -0.3 is 20.2 Å². The van der Waals surface area contributed by atoms with Gasteiger partial charge in [-0.3, -0.25) is 0 Å². The third kappa shape index (κ3) is 3.37. The molecule has 6 heteroatoms. The van der Waals surface area contributed by atoms with E-state index in [2.05, 4.69) is 15.3 Å². The number of aromatic nitrogens is 2. The third-order valence-corrected chi connectivity index (χ3v) is 2.54. The van der Waals surface area contributed by atoms with Crippen molar-refractivity contribution in [3.8, 4) is 5.88 Å². The maximum absolute atomic E-state index is 5.76. The number of hydrogen-bond donors (Lipinski definition) is 2. The Balaban J connectivity index is 2.00. The monoisotopic (exact) mass is 262 g/mol. The quantitative estimate of drug-likeness (QED) is 0.830. The van der Waals surface area contributed by atoms with Gasteiger partial charge in [-0.25, -0.2) is 4.98 Å². The summed E-state index contributed by atoms with van der Waals surface area (Å²) in [4.78, 5) is 8.44. The van der Waals surface area contributed by atoms with Gasteiger partial charge in [0.15, 0.2) is 0 Å². The predicted molar refractivity (Wildman–Crippen MR) is 73.0 cm³/mol. The molecule has 0 amide bonds. The number of oxazole rings is 1. The second-order valence-corrected chi connectivity index (χ2v) is 3.95. The van der Waals surface area contributed by atoms with Crippen LogP contribution in [0.2, 0.25) is 0 Å². The summed E-state index contributed by atoms with van der Waals surface area (Å²) in [6, 6.07) is 3.55. The van der Waals surface area contributed by atoms with Gasteiger partial charge in [0.25, 0.3) is 0 Å². The van der Waals surface area contributed by atoms with Crippen LogP contribution in [-0.2, 0) is 13.0 Å². The molecular weight excluding hydrogens is 244 g/mol. The Hall–Kier alpha value is -2.24. The molecule has 0 radical (unpaired) electrons. The summed E-state index contributed by atoms with van der Waals surface area (Å²) >= 11 is 0. The predicted octanol–water partition coefficient (Wildman–Crippen LogP) is 2.23. The molecule has 0 aliphatic carbocycles. The molecule has 0 saturated heterocycles. The third-order valence-electron chi connectivity index (χ3n) is 2.54. The van der Waals surface area contributed by atoms with E-state index in [4.69, 9.17) is 14.9 Å². The molecule has 19 heavy (non-hydrogen) atoms. The molecule has 2 aromatic heterocycles. The highest BCUT2D eigenvalue weighted by atomic mass is 16.5. The second-order valence-electron chi connectivity index (χ2n) is 3.95. The SMILES string of the molecule is CCOc1nc(NCc2ncc(CC)o2)ccc1N. The molecule has 102 valence electrons. The van der Waals surface area contributed by atoms with Gasteiger partial charge in [-0.1, -0.05) is 6.92 Å². The van der Waals surface area contributed by atoms with Gasteiger partial charge in [0, 0.05) is 6.42 Å². The van der Waals surface area contributed by atoms with Crippen LogP contribution >= 0.6 is 0 Å². The molecule has 0 fully saturated rings. The van der Waals surface area contributed by atoms with Gasteiger partial charge in [-0.15, -0.1) is 0 Å². The number of nitrogens with one attached hydrogen (secondary N) is 1. The second kappa shape index (κ2) is 6.08. The van der Waals surface area contributed by atoms with Crippen molar-refractivity contribution in [2.24, 2.45) is 0 Å². The molecule has 0 aliphatic heterocycles. The van der Waals surface area contributed by atoms with Gasteiger partial charge in [0.05, 0.1) is 25.0 Å². The molecule has 0 bridgehead atoms. The van der Waals surface area contributed by atoms with E-state index < -0.39 is 0 Å². The highest BCUT2D eigenvalue weighted by molar-refractivity contribution is 5.53. The lowest BCUT2D eigenvalue weighted by Gasteiger charge is -2.08. The van der Waals surface area contributed by atoms with Crippen LogP contribution in [0, 0.1) is 0 Å². The molecule has 6 nitrogen and oxygen atoms in total. The Morgan fingerprint density at radius 3 is 2.89 bits per heavy atom. The van der Waals surface area contributed by atoms with Crippen molar-refractivity contribution in [1.82, 2.24) is 9.97 Å². The van der Waals surface area contributed by atoms with E-state index in [1.165, 1.54) is 0 Å². The van der Waals surface area contributed by atoms with E-state index in [1.807, 2.05) is 13.8 Å². The van der Waals surface area contributed by atoms with Crippen LogP contribution in [0.15, 0.2) is 22.7 Å². The largest absolute Gasteiger partial charge is 0.476 e. The zero-order valence-corrected chi connectivity index (χ0v) is 11.1. The molecule has 2 aromatic rings. The van der Waals surface area contributed by atoms with Gasteiger partial charge in [-0.2, -0.15) is 4.98 Å². The Morgan fingerprint density at radius 2 is 2.21 bits per heavy atom. The number of rotatable bonds is 6. The van der Waals surface area contributed by atoms with Crippen LogP contribution < -0.4 is 15.8 Å². The number of hydrogen-bond acceptors (Lipinski definition) is 6. The lowest BCUT2D eigenvalue weighted by molar-refractivity contribution is 0.329. The van der Waals surface area contributed by atoms with Crippen molar-refractivity contribution >= 4 is 11.5 Å². The minimum Gasteiger partial charge on any atom is -0.476 e. The fourth-order valence-electron chi connectivity index (χ4n) is 1.56. The highest BCUT2D eigenvalue weighted by Crippen LogP contribution is 2.21. The van der Waals surface area contributed by atoms with Gasteiger partial charge in [0.2, 0.25) is 11.8 Å². The van der Waals surface area contributed by atoms with Crippen molar-refractivity contribution in [3.05, 3.63) is 30.0 Å². The molecule has 0 saturated carbocycles. The normalized spacial score (nSPS) is 10.4. The molecule has 0 atom stereocenters. The van der Waals surface area contributed by atoms with Crippen molar-refractivity contribution in [1.29, 1.82) is 0 Å². The molecule has 3 N–H and O–H groups in total. The number of pyridine rings is 1. The van der Waals surface area contributed by atoms with Gasteiger partial charge >= 0.3 is 0 Å². The van der Waals surface area contributed by atoms with Crippen LogP contribution in [0.5, 0.6) is 5.88 Å². The summed E-state index contributed by atoms with van der Waals surface area (Å²) in [5.41, 5.74) is 6.28. The van der Waals surface area contributed by atoms with Crippen LogP contribution in [0.1, 0.15) is 25.5 Å². The molecule has 2 rings (SSSR count). The maximum Gasteiger partial charge on any atom is 0.239 e. The fraction of sp³-hybridized carbons (Fsp3) is 0.385. The Kier molecular flexibility index (Phi) is 4.22. The highest BCUT2D eigenvalue weighted by Gasteiger charge is 2.06. The number of anilines is 2. The molecular formula is C13H18N4O2. The summed E-state index contributed by atoms with van der Waals surface area (Å²) in [7, 11) is 0. The summed E-state index contributed by atoms with van der Waals surface area (Å²) < 4.78 is 10.8. The molecule has 0 unspecified atom stereocenters. The van der Waals surface area contributed by atoms with E-state index in [0.29, 0.717) is 36.4 Å². The van der Waals surface area contributed by atoms with Gasteiger partial charge in [0.1, 0.15) is 11.6 Å². The first-order valence-electron chi connectivity index (χ1n) is 6.29. The van der Waals surface area contributed by atoms with Gasteiger partial charge in [-0.05, 0) is 19.1 Å². The Bertz CT molecular complexity index is 539. The van der Waals surface area contributed by atoms with E-state index in [9.17, 15) is 0 Å². The number of aryl methyl sites for hydroxylation is 1. The zero-order valence-electron chi connectivity index (χ0n) is 11.1. The maximum atomic E-state index is 5.76. The Morgan fingerprint density at radius 1 is 1.37 bits per heavy atom. The molecule has 0 spiro atoms. The average molecular weight is 262 g/mol. The van der Waals surface area contributed by atoms with E-state index in [-0.39, 0.29) is 0 Å². The first-order valence-corrected chi connectivity index (χ1v) is 6.29. The number of nitrogen functional groups attached to an aromatic ring is 1.